The van der Waals surface area contributed by atoms with Gasteiger partial charge in [-0.25, -0.2) is 4.79 Å². The molecule has 1 fully saturated rings. The fraction of sp³-hybridized carbons (Fsp3) is 0.545. The second kappa shape index (κ2) is 5.18. The Balaban J connectivity index is 1.98. The van der Waals surface area contributed by atoms with Gasteiger partial charge in [0.25, 0.3) is 5.91 Å². The Morgan fingerprint density at radius 1 is 1.56 bits per heavy atom. The number of amides is 1. The fourth-order valence-corrected chi connectivity index (χ4v) is 1.58. The number of carboxylic acids is 1. The Morgan fingerprint density at radius 3 is 2.83 bits per heavy atom. The van der Waals surface area contributed by atoms with E-state index >= 15 is 0 Å². The van der Waals surface area contributed by atoms with Crippen molar-refractivity contribution in [1.82, 2.24) is 10.5 Å². The molecule has 1 aromatic rings. The number of hydrogen-bond donors (Lipinski definition) is 3. The molecule has 0 aliphatic heterocycles. The maximum atomic E-state index is 11.7. The molecule has 98 valence electrons. The van der Waals surface area contributed by atoms with Crippen LogP contribution < -0.4 is 5.32 Å². The second-order valence-electron chi connectivity index (χ2n) is 4.27. The van der Waals surface area contributed by atoms with Crippen molar-refractivity contribution in [3.63, 3.8) is 0 Å². The fourth-order valence-electron chi connectivity index (χ4n) is 1.58. The Labute approximate surface area is 103 Å². The lowest BCUT2D eigenvalue weighted by Crippen LogP contribution is -2.41. The summed E-state index contributed by atoms with van der Waals surface area (Å²) < 4.78 is 5.00. The molecule has 1 amide bonds. The zero-order valence-electron chi connectivity index (χ0n) is 9.63. The van der Waals surface area contributed by atoms with E-state index in [1.807, 2.05) is 0 Å². The van der Waals surface area contributed by atoms with E-state index in [1.165, 1.54) is 6.07 Å². The van der Waals surface area contributed by atoms with Crippen LogP contribution in [0.15, 0.2) is 10.6 Å². The first-order valence-corrected chi connectivity index (χ1v) is 5.73. The van der Waals surface area contributed by atoms with Gasteiger partial charge >= 0.3 is 5.97 Å². The van der Waals surface area contributed by atoms with Crippen molar-refractivity contribution in [1.29, 1.82) is 0 Å². The summed E-state index contributed by atoms with van der Waals surface area (Å²) in [7, 11) is 0. The minimum absolute atomic E-state index is 0.0472. The molecule has 2 rings (SSSR count). The first-order valence-electron chi connectivity index (χ1n) is 5.73. The molecule has 1 aliphatic rings. The molecule has 0 saturated heterocycles. The third-order valence-electron chi connectivity index (χ3n) is 2.76. The molecule has 1 heterocycles. The summed E-state index contributed by atoms with van der Waals surface area (Å²) in [5.74, 6) is -0.796. The van der Waals surface area contributed by atoms with E-state index < -0.39 is 17.9 Å². The Kier molecular flexibility index (Phi) is 3.61. The molecule has 7 heteroatoms. The largest absolute Gasteiger partial charge is 0.480 e. The third kappa shape index (κ3) is 2.86. The van der Waals surface area contributed by atoms with Gasteiger partial charge in [-0.2, -0.15) is 0 Å². The van der Waals surface area contributed by atoms with Gasteiger partial charge in [-0.1, -0.05) is 5.16 Å². The molecule has 0 radical (unpaired) electrons. The minimum Gasteiger partial charge on any atom is -0.480 e. The van der Waals surface area contributed by atoms with E-state index in [1.54, 1.807) is 0 Å². The number of rotatable bonds is 6. The van der Waals surface area contributed by atoms with Crippen molar-refractivity contribution in [2.24, 2.45) is 0 Å². The van der Waals surface area contributed by atoms with Crippen LogP contribution in [0, 0.1) is 0 Å². The van der Waals surface area contributed by atoms with E-state index in [4.69, 9.17) is 14.7 Å². The van der Waals surface area contributed by atoms with Crippen molar-refractivity contribution < 1.29 is 24.3 Å². The number of carbonyl (C=O) groups is 2. The normalized spacial score (nSPS) is 16.3. The van der Waals surface area contributed by atoms with Gasteiger partial charge in [0.2, 0.25) is 0 Å². The van der Waals surface area contributed by atoms with Gasteiger partial charge in [-0.15, -0.1) is 0 Å². The second-order valence-corrected chi connectivity index (χ2v) is 4.27. The number of aliphatic hydroxyl groups excluding tert-OH is 1. The van der Waals surface area contributed by atoms with Crippen molar-refractivity contribution >= 4 is 11.9 Å². The van der Waals surface area contributed by atoms with Gasteiger partial charge in [0, 0.05) is 25.0 Å². The molecule has 7 nitrogen and oxygen atoms in total. The van der Waals surface area contributed by atoms with Crippen LogP contribution in [0.3, 0.4) is 0 Å². The van der Waals surface area contributed by atoms with Gasteiger partial charge in [-0.3, -0.25) is 4.79 Å². The van der Waals surface area contributed by atoms with E-state index in [0.29, 0.717) is 11.7 Å². The summed E-state index contributed by atoms with van der Waals surface area (Å²) >= 11 is 0. The van der Waals surface area contributed by atoms with Crippen LogP contribution in [-0.4, -0.2) is 39.9 Å². The highest BCUT2D eigenvalue weighted by Gasteiger charge is 2.29. The van der Waals surface area contributed by atoms with Crippen LogP contribution >= 0.6 is 0 Å². The molecule has 3 N–H and O–H groups in total. The monoisotopic (exact) mass is 254 g/mol. The van der Waals surface area contributed by atoms with Gasteiger partial charge in [0.15, 0.2) is 5.69 Å². The van der Waals surface area contributed by atoms with Crippen molar-refractivity contribution in [2.75, 3.05) is 6.61 Å². The number of carboxylic acid groups (broad SMARTS) is 1. The Morgan fingerprint density at radius 2 is 2.28 bits per heavy atom. The first-order chi connectivity index (χ1) is 8.61. The van der Waals surface area contributed by atoms with Gasteiger partial charge < -0.3 is 20.1 Å². The van der Waals surface area contributed by atoms with Crippen LogP contribution in [0.25, 0.3) is 0 Å². The molecule has 1 atom stereocenters. The van der Waals surface area contributed by atoms with Gasteiger partial charge in [0.05, 0.1) is 0 Å². The number of carbonyl (C=O) groups excluding carboxylic acids is 1. The summed E-state index contributed by atoms with van der Waals surface area (Å²) in [6, 6.07) is 0.411. The lowest BCUT2D eigenvalue weighted by atomic mass is 10.2. The molecule has 1 aromatic heterocycles. The topological polar surface area (TPSA) is 113 Å². The van der Waals surface area contributed by atoms with Gasteiger partial charge in [0.1, 0.15) is 11.8 Å². The first kappa shape index (κ1) is 12.6. The predicted octanol–water partition coefficient (Wildman–Crippen LogP) is 0.117. The summed E-state index contributed by atoms with van der Waals surface area (Å²) in [6.45, 7) is -0.316. The SMILES string of the molecule is O=C(N[C@@H](CCO)C(=O)O)c1cc(C2CC2)on1. The molecule has 0 aromatic carbocycles. The standard InChI is InChI=1S/C11H14N2O5/c14-4-3-7(11(16)17)12-10(15)8-5-9(18-13-8)6-1-2-6/h5-7,14H,1-4H2,(H,12,15)(H,16,17)/t7-/m0/s1. The quantitative estimate of drug-likeness (QED) is 0.664. The average Bonchev–Trinajstić information content (AvgIpc) is 3.06. The third-order valence-corrected chi connectivity index (χ3v) is 2.76. The lowest BCUT2D eigenvalue weighted by Gasteiger charge is -2.11. The average molecular weight is 254 g/mol. The smallest absolute Gasteiger partial charge is 0.326 e. The Bertz CT molecular complexity index is 452. The minimum atomic E-state index is -1.19. The van der Waals surface area contributed by atoms with Crippen molar-refractivity contribution in [3.05, 3.63) is 17.5 Å². The van der Waals surface area contributed by atoms with Crippen LogP contribution in [0.4, 0.5) is 0 Å². The maximum absolute atomic E-state index is 11.7. The summed E-state index contributed by atoms with van der Waals surface area (Å²) in [5.41, 5.74) is 0.0705. The zero-order valence-corrected chi connectivity index (χ0v) is 9.63. The summed E-state index contributed by atoms with van der Waals surface area (Å²) in [4.78, 5) is 22.5. The maximum Gasteiger partial charge on any atom is 0.326 e. The molecule has 0 bridgehead atoms. The predicted molar refractivity (Wildman–Crippen MR) is 59.1 cm³/mol. The highest BCUT2D eigenvalue weighted by atomic mass is 16.5. The number of nitrogens with zero attached hydrogens (tertiary/aromatic N) is 1. The summed E-state index contributed by atoms with van der Waals surface area (Å²) in [5, 5.41) is 23.4. The van der Waals surface area contributed by atoms with Crippen LogP contribution in [-0.2, 0) is 4.79 Å². The van der Waals surface area contributed by atoms with E-state index in [-0.39, 0.29) is 18.7 Å². The zero-order chi connectivity index (χ0) is 13.1. The number of nitrogens with one attached hydrogen (secondary N) is 1. The molecular formula is C11H14N2O5. The van der Waals surface area contributed by atoms with Crippen LogP contribution in [0.5, 0.6) is 0 Å². The van der Waals surface area contributed by atoms with E-state index in [2.05, 4.69) is 10.5 Å². The number of aliphatic carboxylic acids is 1. The molecule has 0 spiro atoms. The van der Waals surface area contributed by atoms with Gasteiger partial charge in [-0.05, 0) is 12.8 Å². The number of aliphatic hydroxyl groups is 1. The summed E-state index contributed by atoms with van der Waals surface area (Å²) in [6.07, 6.45) is 2.01. The van der Waals surface area contributed by atoms with E-state index in [0.717, 1.165) is 12.8 Å². The highest BCUT2D eigenvalue weighted by Crippen LogP contribution is 2.40. The lowest BCUT2D eigenvalue weighted by molar-refractivity contribution is -0.139. The Hall–Kier alpha value is -1.89. The van der Waals surface area contributed by atoms with Crippen molar-refractivity contribution in [2.45, 2.75) is 31.2 Å². The van der Waals surface area contributed by atoms with Crippen LogP contribution in [0.1, 0.15) is 41.4 Å². The van der Waals surface area contributed by atoms with Crippen molar-refractivity contribution in [3.8, 4) is 0 Å². The molecule has 1 aliphatic carbocycles. The molecular weight excluding hydrogens is 240 g/mol. The van der Waals surface area contributed by atoms with E-state index in [9.17, 15) is 9.59 Å². The highest BCUT2D eigenvalue weighted by molar-refractivity contribution is 5.94. The van der Waals surface area contributed by atoms with Crippen LogP contribution in [0.2, 0.25) is 0 Å². The molecule has 18 heavy (non-hydrogen) atoms. The molecule has 0 unspecified atom stereocenters. The number of hydrogen-bond acceptors (Lipinski definition) is 5. The molecule has 1 saturated carbocycles. The number of aromatic nitrogens is 1.